The fourth-order valence-electron chi connectivity index (χ4n) is 3.31. The van der Waals surface area contributed by atoms with Gasteiger partial charge in [-0.1, -0.05) is 35.6 Å². The molecule has 1 aliphatic carbocycles. The first-order valence-electron chi connectivity index (χ1n) is 11.6. The van der Waals surface area contributed by atoms with E-state index in [-0.39, 0.29) is 12.1 Å². The fourth-order valence-corrected chi connectivity index (χ4v) is 4.24. The van der Waals surface area contributed by atoms with Crippen molar-refractivity contribution in [3.63, 3.8) is 0 Å². The van der Waals surface area contributed by atoms with E-state index in [2.05, 4.69) is 40.1 Å². The summed E-state index contributed by atoms with van der Waals surface area (Å²) in [6, 6.07) is 10.3. The summed E-state index contributed by atoms with van der Waals surface area (Å²) in [4.78, 5) is 27.1. The highest BCUT2D eigenvalue weighted by Crippen LogP contribution is 2.32. The molecule has 0 saturated heterocycles. The predicted octanol–water partition coefficient (Wildman–Crippen LogP) is 3.81. The average Bonchev–Trinajstić information content (AvgIpc) is 3.50. The first-order valence-corrected chi connectivity index (χ1v) is 12.4. The highest BCUT2D eigenvalue weighted by molar-refractivity contribution is 7.18. The molecule has 2 aromatic heterocycles. The van der Waals surface area contributed by atoms with E-state index in [0.29, 0.717) is 31.1 Å². The van der Waals surface area contributed by atoms with Crippen molar-refractivity contribution in [2.45, 2.75) is 58.3 Å². The van der Waals surface area contributed by atoms with Gasteiger partial charge >= 0.3 is 6.03 Å². The van der Waals surface area contributed by atoms with Crippen LogP contribution in [0.3, 0.4) is 0 Å². The number of amides is 2. The lowest BCUT2D eigenvalue weighted by Gasteiger charge is -2.14. The van der Waals surface area contributed by atoms with Gasteiger partial charge in [0.2, 0.25) is 5.95 Å². The average molecular weight is 481 g/mol. The number of hydrogen-bond donors (Lipinski definition) is 5. The molecule has 9 nitrogen and oxygen atoms in total. The quantitative estimate of drug-likeness (QED) is 0.298. The molecule has 0 radical (unpaired) electrons. The van der Waals surface area contributed by atoms with Crippen molar-refractivity contribution in [2.24, 2.45) is 5.73 Å². The lowest BCUT2D eigenvalue weighted by atomic mass is 10.0. The number of anilines is 2. The molecule has 10 heteroatoms. The minimum Gasteiger partial charge on any atom is -0.359 e. The van der Waals surface area contributed by atoms with Gasteiger partial charge in [-0.25, -0.2) is 19.7 Å². The Bertz CT molecular complexity index is 1130. The standard InChI is InChI=1S/C24H32N8OS/c1-14(2)29-24-28-13-21(34-24)20-10-19(31-22(32-20)26-11-15(3)25)18-7-5-4-6-16(18)12-27-23(33)30-17-8-9-17/h4-7,10,13-15,17H,8-9,11-12,25H2,1-3H3,(H,28,29)(H,26,31,32)(H2,27,30,33)/t15-/m1/s1. The van der Waals surface area contributed by atoms with Crippen molar-refractivity contribution in [2.75, 3.05) is 17.2 Å². The zero-order chi connectivity index (χ0) is 24.1. The Morgan fingerprint density at radius 1 is 1.18 bits per heavy atom. The van der Waals surface area contributed by atoms with Crippen LogP contribution in [0.25, 0.3) is 21.8 Å². The number of carbonyl (C=O) groups is 1. The number of aromatic nitrogens is 3. The van der Waals surface area contributed by atoms with Gasteiger partial charge in [0.1, 0.15) is 0 Å². The van der Waals surface area contributed by atoms with Gasteiger partial charge in [-0.15, -0.1) is 0 Å². The molecule has 2 heterocycles. The summed E-state index contributed by atoms with van der Waals surface area (Å²) in [5, 5.41) is 13.3. The van der Waals surface area contributed by atoms with Gasteiger partial charge in [0.15, 0.2) is 5.13 Å². The molecule has 1 aliphatic rings. The second kappa shape index (κ2) is 10.8. The van der Waals surface area contributed by atoms with Crippen molar-refractivity contribution in [3.05, 3.63) is 42.1 Å². The molecule has 0 unspecified atom stereocenters. The van der Waals surface area contributed by atoms with Crippen LogP contribution in [0.2, 0.25) is 0 Å². The Morgan fingerprint density at radius 3 is 2.68 bits per heavy atom. The maximum absolute atomic E-state index is 12.2. The molecular weight excluding hydrogens is 448 g/mol. The van der Waals surface area contributed by atoms with Crippen molar-refractivity contribution in [1.82, 2.24) is 25.6 Å². The minimum atomic E-state index is -0.144. The molecule has 180 valence electrons. The van der Waals surface area contributed by atoms with E-state index in [9.17, 15) is 4.79 Å². The monoisotopic (exact) mass is 480 g/mol. The van der Waals surface area contributed by atoms with Crippen LogP contribution in [-0.4, -0.2) is 45.7 Å². The summed E-state index contributed by atoms with van der Waals surface area (Å²) in [6.07, 6.45) is 3.93. The minimum absolute atomic E-state index is 0.0394. The maximum Gasteiger partial charge on any atom is 0.315 e. The normalized spacial score (nSPS) is 14.0. The van der Waals surface area contributed by atoms with E-state index in [1.54, 1.807) is 11.3 Å². The molecule has 1 saturated carbocycles. The number of nitrogens with one attached hydrogen (secondary N) is 4. The Morgan fingerprint density at radius 2 is 1.94 bits per heavy atom. The van der Waals surface area contributed by atoms with Gasteiger partial charge in [0, 0.05) is 43.0 Å². The second-order valence-electron chi connectivity index (χ2n) is 8.91. The SMILES string of the molecule is CC(C)Nc1ncc(-c2cc(-c3ccccc3CNC(=O)NC3CC3)nc(NC[C@@H](C)N)n2)s1. The summed E-state index contributed by atoms with van der Waals surface area (Å²) in [7, 11) is 0. The van der Waals surface area contributed by atoms with Crippen molar-refractivity contribution in [3.8, 4) is 21.8 Å². The Hall–Kier alpha value is -3.24. The zero-order valence-electron chi connectivity index (χ0n) is 19.8. The van der Waals surface area contributed by atoms with Gasteiger partial charge < -0.3 is 27.0 Å². The Balaban J connectivity index is 1.63. The Labute approximate surface area is 204 Å². The lowest BCUT2D eigenvalue weighted by Crippen LogP contribution is -2.36. The van der Waals surface area contributed by atoms with Crippen LogP contribution < -0.4 is 27.0 Å². The van der Waals surface area contributed by atoms with Crippen molar-refractivity contribution < 1.29 is 4.79 Å². The number of rotatable bonds is 10. The Kier molecular flexibility index (Phi) is 7.59. The first-order chi connectivity index (χ1) is 16.4. The summed E-state index contributed by atoms with van der Waals surface area (Å²) >= 11 is 1.55. The predicted molar refractivity (Wildman–Crippen MR) is 138 cm³/mol. The van der Waals surface area contributed by atoms with Gasteiger partial charge in [-0.2, -0.15) is 0 Å². The van der Waals surface area contributed by atoms with Crippen molar-refractivity contribution >= 4 is 28.4 Å². The number of carbonyl (C=O) groups excluding carboxylic acids is 1. The molecule has 6 N–H and O–H groups in total. The highest BCUT2D eigenvalue weighted by Gasteiger charge is 2.23. The zero-order valence-corrected chi connectivity index (χ0v) is 20.6. The molecule has 0 bridgehead atoms. The molecule has 34 heavy (non-hydrogen) atoms. The van der Waals surface area contributed by atoms with Crippen LogP contribution in [0, 0.1) is 0 Å². The molecular formula is C24H32N8OS. The topological polar surface area (TPSA) is 130 Å². The molecule has 1 aromatic carbocycles. The number of nitrogens with zero attached hydrogens (tertiary/aromatic N) is 3. The van der Waals surface area contributed by atoms with Gasteiger partial charge in [-0.05, 0) is 45.2 Å². The summed E-state index contributed by atoms with van der Waals surface area (Å²) in [5.74, 6) is 0.505. The summed E-state index contributed by atoms with van der Waals surface area (Å²) in [6.45, 7) is 7.04. The van der Waals surface area contributed by atoms with Gasteiger partial charge in [-0.3, -0.25) is 0 Å². The lowest BCUT2D eigenvalue weighted by molar-refractivity contribution is 0.240. The molecule has 1 fully saturated rings. The third kappa shape index (κ3) is 6.64. The molecule has 4 rings (SSSR count). The van der Waals surface area contributed by atoms with Gasteiger partial charge in [0.25, 0.3) is 0 Å². The van der Waals surface area contributed by atoms with E-state index in [1.807, 2.05) is 43.5 Å². The highest BCUT2D eigenvalue weighted by atomic mass is 32.1. The van der Waals surface area contributed by atoms with E-state index >= 15 is 0 Å². The largest absolute Gasteiger partial charge is 0.359 e. The molecule has 0 aliphatic heterocycles. The molecule has 2 amide bonds. The third-order valence-corrected chi connectivity index (χ3v) is 6.07. The fraction of sp³-hybridized carbons (Fsp3) is 0.417. The van der Waals surface area contributed by atoms with E-state index in [1.165, 1.54) is 0 Å². The van der Waals surface area contributed by atoms with Crippen LogP contribution in [0.4, 0.5) is 15.9 Å². The number of nitrogens with two attached hydrogens (primary N) is 1. The number of urea groups is 1. The number of hydrogen-bond acceptors (Lipinski definition) is 8. The maximum atomic E-state index is 12.2. The molecule has 3 aromatic rings. The third-order valence-electron chi connectivity index (χ3n) is 5.12. The molecule has 0 spiro atoms. The van der Waals surface area contributed by atoms with Crippen LogP contribution in [0.15, 0.2) is 36.5 Å². The second-order valence-corrected chi connectivity index (χ2v) is 9.94. The first kappa shape index (κ1) is 23.9. The van der Waals surface area contributed by atoms with E-state index in [0.717, 1.165) is 45.4 Å². The van der Waals surface area contributed by atoms with E-state index in [4.69, 9.17) is 15.7 Å². The van der Waals surface area contributed by atoms with Crippen LogP contribution in [-0.2, 0) is 6.54 Å². The van der Waals surface area contributed by atoms with E-state index < -0.39 is 0 Å². The van der Waals surface area contributed by atoms with Gasteiger partial charge in [0.05, 0.1) is 16.3 Å². The smallest absolute Gasteiger partial charge is 0.315 e. The van der Waals surface area contributed by atoms with Crippen LogP contribution in [0.1, 0.15) is 39.2 Å². The number of benzene rings is 1. The number of thiazole rings is 1. The summed E-state index contributed by atoms with van der Waals surface area (Å²) in [5.41, 5.74) is 9.40. The van der Waals surface area contributed by atoms with Crippen molar-refractivity contribution in [1.29, 1.82) is 0 Å². The molecule has 1 atom stereocenters. The summed E-state index contributed by atoms with van der Waals surface area (Å²) < 4.78 is 0. The van der Waals surface area contributed by atoms with Crippen LogP contribution >= 0.6 is 11.3 Å². The van der Waals surface area contributed by atoms with Crippen LogP contribution in [0.5, 0.6) is 0 Å².